The standard InChI is InChI=1S/C21H22ClNO4S/c1-3-23-20(24)19(28-21(23)25)12-15-7-10-17(18(11-15)26-4-2)27-13-14-5-8-16(22)9-6-14/h5-11,19H,3-4,12-13H2,1-2H3/t19-/m0/s1. The monoisotopic (exact) mass is 419 g/mol. The Hall–Kier alpha value is -2.18. The van der Waals surface area contributed by atoms with Crippen molar-refractivity contribution in [1.82, 2.24) is 4.90 Å². The van der Waals surface area contributed by atoms with Crippen LogP contribution in [0, 0.1) is 0 Å². The average molecular weight is 420 g/mol. The Morgan fingerprint density at radius 2 is 1.71 bits per heavy atom. The molecule has 1 heterocycles. The van der Waals surface area contributed by atoms with Gasteiger partial charge in [-0.1, -0.05) is 41.6 Å². The minimum atomic E-state index is -0.386. The van der Waals surface area contributed by atoms with Gasteiger partial charge in [0, 0.05) is 11.6 Å². The van der Waals surface area contributed by atoms with Crippen LogP contribution in [0.5, 0.6) is 11.5 Å². The lowest BCUT2D eigenvalue weighted by Gasteiger charge is -2.15. The van der Waals surface area contributed by atoms with Crippen molar-refractivity contribution in [2.45, 2.75) is 32.1 Å². The number of hydrogen-bond acceptors (Lipinski definition) is 5. The number of halogens is 1. The van der Waals surface area contributed by atoms with Crippen molar-refractivity contribution in [2.75, 3.05) is 13.2 Å². The molecule has 7 heteroatoms. The summed E-state index contributed by atoms with van der Waals surface area (Å²) in [7, 11) is 0. The number of thioether (sulfide) groups is 1. The summed E-state index contributed by atoms with van der Waals surface area (Å²) in [6.45, 7) is 5.01. The Balaban J connectivity index is 1.71. The van der Waals surface area contributed by atoms with Gasteiger partial charge < -0.3 is 9.47 Å². The quantitative estimate of drug-likeness (QED) is 0.606. The third-order valence-electron chi connectivity index (χ3n) is 4.36. The summed E-state index contributed by atoms with van der Waals surface area (Å²) in [4.78, 5) is 25.5. The van der Waals surface area contributed by atoms with E-state index in [1.165, 1.54) is 4.90 Å². The zero-order chi connectivity index (χ0) is 20.1. The summed E-state index contributed by atoms with van der Waals surface area (Å²) in [6.07, 6.45) is 0.475. The van der Waals surface area contributed by atoms with Crippen molar-refractivity contribution in [1.29, 1.82) is 0 Å². The van der Waals surface area contributed by atoms with Gasteiger partial charge in [0.15, 0.2) is 11.5 Å². The van der Waals surface area contributed by atoms with Gasteiger partial charge >= 0.3 is 0 Å². The van der Waals surface area contributed by atoms with E-state index >= 15 is 0 Å². The Kier molecular flexibility index (Phi) is 6.86. The third kappa shape index (κ3) is 4.80. The second-order valence-electron chi connectivity index (χ2n) is 6.29. The summed E-state index contributed by atoms with van der Waals surface area (Å²) in [5, 5.41) is 0.121. The predicted octanol–water partition coefficient (Wildman–Crippen LogP) is 4.94. The first-order valence-corrected chi connectivity index (χ1v) is 10.4. The molecule has 28 heavy (non-hydrogen) atoms. The molecule has 5 nitrogen and oxygen atoms in total. The van der Waals surface area contributed by atoms with Crippen LogP contribution in [0.3, 0.4) is 0 Å². The molecular formula is C21H22ClNO4S. The zero-order valence-electron chi connectivity index (χ0n) is 15.8. The van der Waals surface area contributed by atoms with Crippen LogP contribution in [0.2, 0.25) is 5.02 Å². The van der Waals surface area contributed by atoms with Crippen LogP contribution in [0.1, 0.15) is 25.0 Å². The van der Waals surface area contributed by atoms with Gasteiger partial charge in [0.05, 0.1) is 11.9 Å². The molecule has 0 unspecified atom stereocenters. The Morgan fingerprint density at radius 1 is 1.00 bits per heavy atom. The van der Waals surface area contributed by atoms with Gasteiger partial charge in [0.1, 0.15) is 6.61 Å². The maximum atomic E-state index is 12.3. The van der Waals surface area contributed by atoms with E-state index in [-0.39, 0.29) is 16.4 Å². The van der Waals surface area contributed by atoms with Gasteiger partial charge in [0.2, 0.25) is 5.91 Å². The fourth-order valence-corrected chi connectivity index (χ4v) is 4.16. The van der Waals surface area contributed by atoms with Gasteiger partial charge in [-0.25, -0.2) is 0 Å². The molecule has 0 spiro atoms. The van der Waals surface area contributed by atoms with E-state index in [0.29, 0.717) is 42.7 Å². The molecule has 0 bridgehead atoms. The minimum Gasteiger partial charge on any atom is -0.490 e. The van der Waals surface area contributed by atoms with Crippen molar-refractivity contribution in [3.05, 3.63) is 58.6 Å². The molecule has 1 aliphatic heterocycles. The van der Waals surface area contributed by atoms with Crippen LogP contribution in [0.4, 0.5) is 4.79 Å². The van der Waals surface area contributed by atoms with Crippen LogP contribution < -0.4 is 9.47 Å². The molecule has 0 N–H and O–H groups in total. The number of benzene rings is 2. The maximum absolute atomic E-state index is 12.3. The number of nitrogens with zero attached hydrogens (tertiary/aromatic N) is 1. The fourth-order valence-electron chi connectivity index (χ4n) is 2.94. The molecule has 0 aliphatic carbocycles. The minimum absolute atomic E-state index is 0.126. The average Bonchev–Trinajstić information content (AvgIpc) is 2.95. The molecule has 2 aromatic carbocycles. The molecule has 2 aromatic rings. The first-order valence-electron chi connectivity index (χ1n) is 9.16. The Labute approximate surface area is 174 Å². The molecule has 1 saturated heterocycles. The summed E-state index contributed by atoms with van der Waals surface area (Å²) in [5.74, 6) is 1.14. The predicted molar refractivity (Wildman–Crippen MR) is 111 cm³/mol. The lowest BCUT2D eigenvalue weighted by Crippen LogP contribution is -2.31. The second-order valence-corrected chi connectivity index (χ2v) is 7.88. The number of rotatable bonds is 8. The lowest BCUT2D eigenvalue weighted by atomic mass is 10.1. The fraction of sp³-hybridized carbons (Fsp3) is 0.333. The number of carbonyl (C=O) groups is 2. The summed E-state index contributed by atoms with van der Waals surface area (Å²) in [6, 6.07) is 13.1. The molecule has 0 aromatic heterocycles. The zero-order valence-corrected chi connectivity index (χ0v) is 17.4. The number of hydrogen-bond donors (Lipinski definition) is 0. The van der Waals surface area contributed by atoms with Gasteiger partial charge in [-0.3, -0.25) is 14.5 Å². The van der Waals surface area contributed by atoms with Crippen LogP contribution in [0.15, 0.2) is 42.5 Å². The number of carbonyl (C=O) groups excluding carboxylic acids is 2. The number of imide groups is 1. The van der Waals surface area contributed by atoms with Gasteiger partial charge in [-0.05, 0) is 55.7 Å². The highest BCUT2D eigenvalue weighted by atomic mass is 35.5. The largest absolute Gasteiger partial charge is 0.490 e. The van der Waals surface area contributed by atoms with Gasteiger partial charge in [-0.2, -0.15) is 0 Å². The molecule has 2 amide bonds. The highest BCUT2D eigenvalue weighted by Gasteiger charge is 2.38. The molecular weight excluding hydrogens is 398 g/mol. The molecule has 3 rings (SSSR count). The van der Waals surface area contributed by atoms with E-state index in [0.717, 1.165) is 22.9 Å². The van der Waals surface area contributed by atoms with E-state index in [1.807, 2.05) is 49.4 Å². The third-order valence-corrected chi connectivity index (χ3v) is 5.68. The van der Waals surface area contributed by atoms with Crippen molar-refractivity contribution in [2.24, 2.45) is 0 Å². The van der Waals surface area contributed by atoms with Crippen molar-refractivity contribution >= 4 is 34.5 Å². The van der Waals surface area contributed by atoms with E-state index in [4.69, 9.17) is 21.1 Å². The topological polar surface area (TPSA) is 55.8 Å². The lowest BCUT2D eigenvalue weighted by molar-refractivity contribution is -0.126. The summed E-state index contributed by atoms with van der Waals surface area (Å²) in [5.41, 5.74) is 1.93. The number of ether oxygens (including phenoxy) is 2. The van der Waals surface area contributed by atoms with E-state index in [2.05, 4.69) is 0 Å². The van der Waals surface area contributed by atoms with E-state index in [1.54, 1.807) is 6.92 Å². The molecule has 0 radical (unpaired) electrons. The smallest absolute Gasteiger partial charge is 0.289 e. The van der Waals surface area contributed by atoms with Crippen LogP contribution >= 0.6 is 23.4 Å². The molecule has 1 fully saturated rings. The van der Waals surface area contributed by atoms with E-state index in [9.17, 15) is 9.59 Å². The van der Waals surface area contributed by atoms with Crippen LogP contribution in [-0.4, -0.2) is 34.4 Å². The summed E-state index contributed by atoms with van der Waals surface area (Å²) >= 11 is 7.00. The van der Waals surface area contributed by atoms with Crippen molar-refractivity contribution in [3.8, 4) is 11.5 Å². The maximum Gasteiger partial charge on any atom is 0.289 e. The Morgan fingerprint density at radius 3 is 2.36 bits per heavy atom. The molecule has 0 saturated carbocycles. The highest BCUT2D eigenvalue weighted by molar-refractivity contribution is 8.15. The molecule has 148 valence electrons. The van der Waals surface area contributed by atoms with Crippen LogP contribution in [0.25, 0.3) is 0 Å². The normalized spacial score (nSPS) is 16.5. The second kappa shape index (κ2) is 9.34. The summed E-state index contributed by atoms with van der Waals surface area (Å²) < 4.78 is 11.6. The van der Waals surface area contributed by atoms with Gasteiger partial charge in [-0.15, -0.1) is 0 Å². The Bertz CT molecular complexity index is 856. The van der Waals surface area contributed by atoms with Crippen molar-refractivity contribution in [3.63, 3.8) is 0 Å². The number of amides is 2. The SMILES string of the molecule is CCOc1cc(C[C@@H]2SC(=O)N(CC)C2=O)ccc1OCc1ccc(Cl)cc1. The van der Waals surface area contributed by atoms with Crippen LogP contribution in [-0.2, 0) is 17.8 Å². The molecule has 1 aliphatic rings. The highest BCUT2D eigenvalue weighted by Crippen LogP contribution is 2.33. The first-order chi connectivity index (χ1) is 13.5. The van der Waals surface area contributed by atoms with Crippen molar-refractivity contribution < 1.29 is 19.1 Å². The first kappa shape index (κ1) is 20.6. The van der Waals surface area contributed by atoms with E-state index < -0.39 is 0 Å². The van der Waals surface area contributed by atoms with Gasteiger partial charge in [0.25, 0.3) is 5.24 Å². The molecule has 1 atom stereocenters.